The zero-order valence-electron chi connectivity index (χ0n) is 5.07. The molecule has 0 aliphatic carbocycles. The van der Waals surface area contributed by atoms with E-state index in [4.69, 9.17) is 10.2 Å². The van der Waals surface area contributed by atoms with Gasteiger partial charge >= 0.3 is 0 Å². The van der Waals surface area contributed by atoms with E-state index in [9.17, 15) is 9.59 Å². The van der Waals surface area contributed by atoms with Crippen molar-refractivity contribution in [2.45, 2.75) is 5.91 Å². The van der Waals surface area contributed by atoms with E-state index in [1.165, 1.54) is 0 Å². The highest BCUT2D eigenvalue weighted by Gasteiger charge is 2.20. The molecule has 0 spiro atoms. The molecule has 0 aliphatic heterocycles. The fourth-order valence-electron chi connectivity index (χ4n) is 0.329. The van der Waals surface area contributed by atoms with E-state index in [0.717, 1.165) is 0 Å². The molecule has 0 saturated carbocycles. The molecule has 0 aromatic rings. The summed E-state index contributed by atoms with van der Waals surface area (Å²) in [4.78, 5) is 19.2. The van der Waals surface area contributed by atoms with Crippen LogP contribution in [0.1, 0.15) is 0 Å². The van der Waals surface area contributed by atoms with Crippen molar-refractivity contribution in [2.75, 3.05) is 6.54 Å². The van der Waals surface area contributed by atoms with Crippen LogP contribution in [0.5, 0.6) is 0 Å². The molecule has 6 heteroatoms. The van der Waals surface area contributed by atoms with E-state index in [1.807, 2.05) is 5.32 Å². The molecule has 0 radical (unpaired) electrons. The molecule has 0 aromatic heterocycles. The third-order valence-electron chi connectivity index (χ3n) is 0.722. The largest absolute Gasteiger partial charge is 0.351 e. The molecule has 0 heterocycles. The fraction of sp³-hybridized carbons (Fsp3) is 0.500. The van der Waals surface area contributed by atoms with Crippen LogP contribution in [0.4, 0.5) is 0 Å². The third kappa shape index (κ3) is 3.81. The maximum atomic E-state index is 9.64. The predicted molar refractivity (Wildman–Crippen MR) is 30.4 cm³/mol. The highest BCUT2D eigenvalue weighted by atomic mass is 16.5. The molecular weight excluding hydrogens is 140 g/mol. The first-order chi connectivity index (χ1) is 4.62. The van der Waals surface area contributed by atoms with Crippen molar-refractivity contribution in [3.05, 3.63) is 0 Å². The van der Waals surface area contributed by atoms with Crippen LogP contribution in [0.25, 0.3) is 0 Å². The number of amides is 2. The highest BCUT2D eigenvalue weighted by Crippen LogP contribution is 1.86. The Morgan fingerprint density at radius 1 is 1.30 bits per heavy atom. The first kappa shape index (κ1) is 8.86. The Labute approximate surface area is 56.8 Å². The average Bonchev–Trinajstić information content (AvgIpc) is 1.84. The first-order valence-corrected chi connectivity index (χ1v) is 2.45. The summed E-state index contributed by atoms with van der Waals surface area (Å²) in [6.45, 7) is -0.449. The van der Waals surface area contributed by atoms with Crippen LogP contribution in [-0.4, -0.2) is 35.5 Å². The Bertz CT molecular complexity index is 124. The molecule has 0 unspecified atom stereocenters. The van der Waals surface area contributed by atoms with Gasteiger partial charge in [0.05, 0.1) is 6.54 Å². The minimum Gasteiger partial charge on any atom is -0.351 e. The van der Waals surface area contributed by atoms with Crippen molar-refractivity contribution >= 4 is 12.8 Å². The van der Waals surface area contributed by atoms with Gasteiger partial charge < -0.3 is 20.8 Å². The van der Waals surface area contributed by atoms with E-state index in [-0.39, 0.29) is 12.8 Å². The second kappa shape index (κ2) is 3.80. The number of nitrogens with one attached hydrogen (secondary N) is 2. The molecule has 0 atom stereocenters. The lowest BCUT2D eigenvalue weighted by Crippen LogP contribution is -2.51. The van der Waals surface area contributed by atoms with Crippen molar-refractivity contribution in [3.8, 4) is 0 Å². The molecule has 2 amide bonds. The van der Waals surface area contributed by atoms with Crippen LogP contribution in [0.15, 0.2) is 0 Å². The lowest BCUT2D eigenvalue weighted by Gasteiger charge is -2.18. The van der Waals surface area contributed by atoms with E-state index in [1.54, 1.807) is 5.32 Å². The van der Waals surface area contributed by atoms with Crippen molar-refractivity contribution in [2.24, 2.45) is 0 Å². The molecule has 0 saturated heterocycles. The minimum absolute atomic E-state index is 0.118. The zero-order chi connectivity index (χ0) is 8.04. The zero-order valence-corrected chi connectivity index (χ0v) is 5.07. The molecule has 6 nitrogen and oxygen atoms in total. The summed E-state index contributed by atoms with van der Waals surface area (Å²) in [5.41, 5.74) is 0. The topological polar surface area (TPSA) is 98.7 Å². The summed E-state index contributed by atoms with van der Waals surface area (Å²) in [5, 5.41) is 20.9. The fourth-order valence-corrected chi connectivity index (χ4v) is 0.329. The molecule has 0 bridgehead atoms. The monoisotopic (exact) mass is 148 g/mol. The van der Waals surface area contributed by atoms with Gasteiger partial charge in [-0.25, -0.2) is 0 Å². The Kier molecular flexibility index (Phi) is 3.37. The van der Waals surface area contributed by atoms with Gasteiger partial charge in [0.2, 0.25) is 12.8 Å². The summed E-state index contributed by atoms with van der Waals surface area (Å²) in [5.74, 6) is -2.36. The van der Waals surface area contributed by atoms with Gasteiger partial charge in [0.25, 0.3) is 5.91 Å². The molecule has 0 aromatic carbocycles. The summed E-state index contributed by atoms with van der Waals surface area (Å²) in [6.07, 6.45) is 0.403. The normalized spacial score (nSPS) is 10.2. The quantitative estimate of drug-likeness (QED) is 0.248. The van der Waals surface area contributed by atoms with E-state index in [2.05, 4.69) is 0 Å². The number of carbonyl (C=O) groups is 2. The molecule has 0 rings (SSSR count). The van der Waals surface area contributed by atoms with Crippen molar-refractivity contribution in [1.29, 1.82) is 0 Å². The van der Waals surface area contributed by atoms with Gasteiger partial charge in [-0.3, -0.25) is 9.59 Å². The van der Waals surface area contributed by atoms with E-state index >= 15 is 0 Å². The SMILES string of the molecule is O=CNCC(O)(O)NC=O. The van der Waals surface area contributed by atoms with Crippen LogP contribution >= 0.6 is 0 Å². The van der Waals surface area contributed by atoms with Crippen LogP contribution < -0.4 is 10.6 Å². The molecular formula is C4H8N2O4. The maximum absolute atomic E-state index is 9.64. The number of hydrogen-bond acceptors (Lipinski definition) is 4. The number of carbonyl (C=O) groups excluding carboxylic acids is 2. The molecule has 10 heavy (non-hydrogen) atoms. The number of hydrogen-bond donors (Lipinski definition) is 4. The molecule has 58 valence electrons. The minimum atomic E-state index is -2.36. The van der Waals surface area contributed by atoms with Gasteiger partial charge in [-0.1, -0.05) is 0 Å². The Balaban J connectivity index is 3.61. The second-order valence-electron chi connectivity index (χ2n) is 1.58. The van der Waals surface area contributed by atoms with Gasteiger partial charge in [0.15, 0.2) is 0 Å². The summed E-state index contributed by atoms with van der Waals surface area (Å²) in [7, 11) is 0. The van der Waals surface area contributed by atoms with Gasteiger partial charge in [-0.15, -0.1) is 0 Å². The standard InChI is InChI=1S/C4H8N2O4/c7-2-5-1-4(9,10)6-3-8/h2-3,9-10H,1H2,(H,5,7)(H,6,8). The summed E-state index contributed by atoms with van der Waals surface area (Å²) < 4.78 is 0. The number of aliphatic hydroxyl groups is 2. The van der Waals surface area contributed by atoms with Crippen LogP contribution in [0.2, 0.25) is 0 Å². The van der Waals surface area contributed by atoms with Crippen molar-refractivity contribution in [1.82, 2.24) is 10.6 Å². The van der Waals surface area contributed by atoms with E-state index in [0.29, 0.717) is 0 Å². The van der Waals surface area contributed by atoms with Gasteiger partial charge in [0, 0.05) is 0 Å². The number of rotatable bonds is 5. The van der Waals surface area contributed by atoms with Crippen molar-refractivity contribution < 1.29 is 19.8 Å². The highest BCUT2D eigenvalue weighted by molar-refractivity contribution is 5.48. The summed E-state index contributed by atoms with van der Waals surface area (Å²) >= 11 is 0. The smallest absolute Gasteiger partial charge is 0.264 e. The third-order valence-corrected chi connectivity index (χ3v) is 0.722. The predicted octanol–water partition coefficient (Wildman–Crippen LogP) is -2.88. The molecule has 0 aliphatic rings. The molecule has 0 fully saturated rings. The van der Waals surface area contributed by atoms with Gasteiger partial charge in [0.1, 0.15) is 0 Å². The summed E-state index contributed by atoms with van der Waals surface area (Å²) in [6, 6.07) is 0. The Morgan fingerprint density at radius 2 is 1.90 bits per heavy atom. The average molecular weight is 148 g/mol. The lowest BCUT2D eigenvalue weighted by molar-refractivity contribution is -0.181. The van der Waals surface area contributed by atoms with Crippen LogP contribution in [0.3, 0.4) is 0 Å². The Hall–Kier alpha value is -1.14. The van der Waals surface area contributed by atoms with Gasteiger partial charge in [-0.2, -0.15) is 0 Å². The Morgan fingerprint density at radius 3 is 2.30 bits per heavy atom. The van der Waals surface area contributed by atoms with E-state index < -0.39 is 12.5 Å². The van der Waals surface area contributed by atoms with Gasteiger partial charge in [-0.05, 0) is 0 Å². The van der Waals surface area contributed by atoms with Crippen molar-refractivity contribution in [3.63, 3.8) is 0 Å². The van der Waals surface area contributed by atoms with Crippen LogP contribution in [0, 0.1) is 0 Å². The maximum Gasteiger partial charge on any atom is 0.264 e. The molecule has 4 N–H and O–H groups in total. The van der Waals surface area contributed by atoms with Crippen LogP contribution in [-0.2, 0) is 9.59 Å². The first-order valence-electron chi connectivity index (χ1n) is 2.45. The lowest BCUT2D eigenvalue weighted by atomic mass is 10.5. The second-order valence-corrected chi connectivity index (χ2v) is 1.58.